The van der Waals surface area contributed by atoms with Crippen LogP contribution in [0.2, 0.25) is 0 Å². The summed E-state index contributed by atoms with van der Waals surface area (Å²) in [6, 6.07) is 52.2. The number of aromatic carboxylic acids is 1. The largest absolute Gasteiger partial charge is 0.478 e. The van der Waals surface area contributed by atoms with Crippen molar-refractivity contribution in [3.05, 3.63) is 163 Å². The fourth-order valence-corrected chi connectivity index (χ4v) is 9.41. The van der Waals surface area contributed by atoms with Crippen molar-refractivity contribution in [3.63, 3.8) is 0 Å². The second-order valence-electron chi connectivity index (χ2n) is 15.5. The molecule has 10 aromatic rings. The van der Waals surface area contributed by atoms with Crippen molar-refractivity contribution in [2.24, 2.45) is 0 Å². The van der Waals surface area contributed by atoms with Crippen LogP contribution in [-0.2, 0) is 0 Å². The zero-order valence-corrected chi connectivity index (χ0v) is 31.8. The number of carbonyl (C=O) groups is 1. The van der Waals surface area contributed by atoms with Crippen LogP contribution in [0.3, 0.4) is 0 Å². The van der Waals surface area contributed by atoms with Gasteiger partial charge in [0.15, 0.2) is 0 Å². The Bertz CT molecular complexity index is 3260. The average molecular weight is 751 g/mol. The predicted octanol–water partition coefficient (Wildman–Crippen LogP) is 13.3. The van der Waals surface area contributed by atoms with Gasteiger partial charge in [-0.3, -0.25) is 4.98 Å². The van der Waals surface area contributed by atoms with Crippen LogP contribution < -0.4 is 0 Å². The summed E-state index contributed by atoms with van der Waals surface area (Å²) in [6.45, 7) is 0. The lowest BCUT2D eigenvalue weighted by atomic mass is 9.87. The van der Waals surface area contributed by atoms with E-state index >= 15 is 0 Å². The molecule has 1 aliphatic rings. The molecule has 0 spiro atoms. The minimum atomic E-state index is -0.987. The molecule has 1 fully saturated rings. The summed E-state index contributed by atoms with van der Waals surface area (Å²) in [6.07, 6.45) is 7.32. The SMILES string of the molecule is O=C(O)c1c(-c2cccc3ccccc23)cc2c(nc(-c3ccc4nc(-c5cccc6ccccc56)ccc4c3)n2C2CCCCC2)c1-c1ccc2ncccc2c1. The van der Waals surface area contributed by atoms with Gasteiger partial charge in [-0.25, -0.2) is 14.8 Å². The number of hydrogen-bond acceptors (Lipinski definition) is 4. The number of imidazole rings is 1. The summed E-state index contributed by atoms with van der Waals surface area (Å²) in [5.74, 6) is -0.143. The third-order valence-electron chi connectivity index (χ3n) is 12.1. The van der Waals surface area contributed by atoms with Crippen LogP contribution in [0.1, 0.15) is 48.5 Å². The molecule has 0 aliphatic heterocycles. The Balaban J connectivity index is 1.18. The first-order valence-corrected chi connectivity index (χ1v) is 20.1. The summed E-state index contributed by atoms with van der Waals surface area (Å²) in [7, 11) is 0. The van der Waals surface area contributed by atoms with E-state index in [4.69, 9.17) is 9.97 Å². The fourth-order valence-electron chi connectivity index (χ4n) is 9.41. The third kappa shape index (κ3) is 5.63. The van der Waals surface area contributed by atoms with Crippen LogP contribution >= 0.6 is 0 Å². The van der Waals surface area contributed by atoms with E-state index in [1.807, 2.05) is 42.5 Å². The minimum Gasteiger partial charge on any atom is -0.478 e. The molecule has 11 rings (SSSR count). The zero-order valence-electron chi connectivity index (χ0n) is 31.8. The number of carboxylic acids is 1. The van der Waals surface area contributed by atoms with E-state index in [0.717, 1.165) is 97.6 Å². The molecular formula is C52H38N4O2. The van der Waals surface area contributed by atoms with E-state index in [1.165, 1.54) is 17.2 Å². The second-order valence-corrected chi connectivity index (χ2v) is 15.5. The van der Waals surface area contributed by atoms with E-state index in [1.54, 1.807) is 6.20 Å². The molecule has 1 aliphatic carbocycles. The highest BCUT2D eigenvalue weighted by atomic mass is 16.4. The molecular weight excluding hydrogens is 713 g/mol. The van der Waals surface area contributed by atoms with E-state index in [9.17, 15) is 9.90 Å². The Morgan fingerprint density at radius 1 is 0.569 bits per heavy atom. The van der Waals surface area contributed by atoms with Crippen LogP contribution in [0.15, 0.2) is 158 Å². The second kappa shape index (κ2) is 13.8. The molecule has 6 nitrogen and oxygen atoms in total. The highest BCUT2D eigenvalue weighted by Crippen LogP contribution is 2.45. The number of benzene rings is 7. The lowest BCUT2D eigenvalue weighted by Crippen LogP contribution is -2.14. The van der Waals surface area contributed by atoms with Crippen LogP contribution in [-0.4, -0.2) is 30.6 Å². The first kappa shape index (κ1) is 34.1. The van der Waals surface area contributed by atoms with Gasteiger partial charge in [-0.05, 0) is 99.6 Å². The van der Waals surface area contributed by atoms with Gasteiger partial charge in [-0.15, -0.1) is 0 Å². The molecule has 0 unspecified atom stereocenters. The van der Waals surface area contributed by atoms with Crippen molar-refractivity contribution in [1.29, 1.82) is 0 Å². The number of nitrogens with zero attached hydrogens (tertiary/aromatic N) is 4. The molecule has 0 bridgehead atoms. The first-order chi connectivity index (χ1) is 28.6. The zero-order chi connectivity index (χ0) is 38.7. The molecule has 0 atom stereocenters. The van der Waals surface area contributed by atoms with E-state index in [2.05, 4.69) is 119 Å². The Morgan fingerprint density at radius 2 is 1.22 bits per heavy atom. The van der Waals surface area contributed by atoms with Crippen LogP contribution in [0, 0.1) is 0 Å². The Hall–Kier alpha value is -7.18. The molecule has 278 valence electrons. The number of carboxylic acid groups (broad SMARTS) is 1. The molecule has 58 heavy (non-hydrogen) atoms. The highest BCUT2D eigenvalue weighted by molar-refractivity contribution is 6.15. The molecule has 0 saturated heterocycles. The van der Waals surface area contributed by atoms with Gasteiger partial charge in [0.05, 0.1) is 33.3 Å². The normalized spacial score (nSPS) is 13.6. The maximum Gasteiger partial charge on any atom is 0.337 e. The van der Waals surface area contributed by atoms with E-state index in [0.29, 0.717) is 16.6 Å². The molecule has 7 aromatic carbocycles. The van der Waals surface area contributed by atoms with E-state index in [-0.39, 0.29) is 11.6 Å². The molecule has 1 N–H and O–H groups in total. The van der Waals surface area contributed by atoms with Crippen LogP contribution in [0.25, 0.3) is 99.3 Å². The van der Waals surface area contributed by atoms with Gasteiger partial charge in [0, 0.05) is 39.7 Å². The monoisotopic (exact) mass is 750 g/mol. The maximum atomic E-state index is 13.8. The van der Waals surface area contributed by atoms with Gasteiger partial charge in [0.1, 0.15) is 5.82 Å². The summed E-state index contributed by atoms with van der Waals surface area (Å²) in [4.78, 5) is 29.1. The first-order valence-electron chi connectivity index (χ1n) is 20.1. The van der Waals surface area contributed by atoms with Gasteiger partial charge in [0.25, 0.3) is 0 Å². The number of pyridine rings is 2. The van der Waals surface area contributed by atoms with Crippen molar-refractivity contribution >= 4 is 60.4 Å². The summed E-state index contributed by atoms with van der Waals surface area (Å²) in [5.41, 5.74) is 9.66. The number of fused-ring (bicyclic) bond motifs is 5. The van der Waals surface area contributed by atoms with Crippen molar-refractivity contribution in [2.75, 3.05) is 0 Å². The summed E-state index contributed by atoms with van der Waals surface area (Å²) in [5, 5.41) is 17.7. The minimum absolute atomic E-state index is 0.209. The van der Waals surface area contributed by atoms with Gasteiger partial charge in [-0.1, -0.05) is 122 Å². The fraction of sp³-hybridized carbons (Fsp3) is 0.115. The third-order valence-corrected chi connectivity index (χ3v) is 12.1. The molecule has 0 radical (unpaired) electrons. The van der Waals surface area contributed by atoms with Crippen molar-refractivity contribution < 1.29 is 9.90 Å². The molecule has 3 heterocycles. The lowest BCUT2D eigenvalue weighted by Gasteiger charge is -2.26. The molecule has 3 aromatic heterocycles. The lowest BCUT2D eigenvalue weighted by molar-refractivity contribution is 0.0698. The van der Waals surface area contributed by atoms with Crippen molar-refractivity contribution in [1.82, 2.24) is 19.5 Å². The molecule has 1 saturated carbocycles. The van der Waals surface area contributed by atoms with Gasteiger partial charge in [0.2, 0.25) is 0 Å². The number of rotatable bonds is 6. The Morgan fingerprint density at radius 3 is 2.02 bits per heavy atom. The highest BCUT2D eigenvalue weighted by Gasteiger charge is 2.30. The molecule has 6 heteroatoms. The Kier molecular flexibility index (Phi) is 8.10. The molecule has 0 amide bonds. The maximum absolute atomic E-state index is 13.8. The number of hydrogen-bond donors (Lipinski definition) is 1. The van der Waals surface area contributed by atoms with Gasteiger partial charge in [-0.2, -0.15) is 0 Å². The average Bonchev–Trinajstić information content (AvgIpc) is 3.67. The van der Waals surface area contributed by atoms with Crippen LogP contribution in [0.5, 0.6) is 0 Å². The standard InChI is InChI=1S/C52H38N4O2/c57-52(58)49-43(41-20-8-13-32-11-4-6-18-39(32)41)31-47-50(48(49)36-23-25-44-34(29-36)15-10-28-53-44)55-51(56(47)38-16-2-1-3-17-38)37-24-26-45-35(30-37)22-27-46(54-45)42-21-9-14-33-12-5-7-19-40(33)42/h4-15,18-31,38H,1-3,16-17H2,(H,57,58). The summed E-state index contributed by atoms with van der Waals surface area (Å²) >= 11 is 0. The van der Waals surface area contributed by atoms with Crippen molar-refractivity contribution in [2.45, 2.75) is 38.1 Å². The summed E-state index contributed by atoms with van der Waals surface area (Å²) < 4.78 is 2.43. The van der Waals surface area contributed by atoms with Crippen LogP contribution in [0.4, 0.5) is 0 Å². The van der Waals surface area contributed by atoms with Crippen molar-refractivity contribution in [3.8, 4) is 44.9 Å². The number of aromatic nitrogens is 4. The smallest absolute Gasteiger partial charge is 0.337 e. The van der Waals surface area contributed by atoms with Gasteiger partial charge >= 0.3 is 5.97 Å². The topological polar surface area (TPSA) is 80.9 Å². The van der Waals surface area contributed by atoms with E-state index < -0.39 is 5.97 Å². The van der Waals surface area contributed by atoms with Gasteiger partial charge < -0.3 is 9.67 Å². The Labute approximate surface area is 335 Å². The predicted molar refractivity (Wildman–Crippen MR) is 236 cm³/mol. The quantitative estimate of drug-likeness (QED) is 0.183.